The first-order chi connectivity index (χ1) is 11.2. The minimum atomic E-state index is -3.92. The van der Waals surface area contributed by atoms with E-state index in [0.717, 1.165) is 6.26 Å². The molecule has 8 nitrogen and oxygen atoms in total. The molecule has 0 radical (unpaired) electrons. The molecule has 0 amide bonds. The van der Waals surface area contributed by atoms with Gasteiger partial charge in [-0.2, -0.15) is 0 Å². The number of sulfonamides is 2. The molecule has 0 spiro atoms. The molecule has 0 heterocycles. The van der Waals surface area contributed by atoms with Crippen LogP contribution in [0.25, 0.3) is 10.8 Å². The Kier molecular flexibility index (Phi) is 5.33. The number of rotatable bonds is 7. The van der Waals surface area contributed by atoms with Crippen molar-refractivity contribution in [1.82, 2.24) is 4.72 Å². The molecule has 0 aromatic heterocycles. The molecule has 0 aliphatic heterocycles. The van der Waals surface area contributed by atoms with Crippen LogP contribution in [0.2, 0.25) is 0 Å². The van der Waals surface area contributed by atoms with Gasteiger partial charge in [-0.3, -0.25) is 4.72 Å². The quantitative estimate of drug-likeness (QED) is 0.618. The zero-order valence-corrected chi connectivity index (χ0v) is 14.7. The highest BCUT2D eigenvalue weighted by Gasteiger charge is 2.21. The fourth-order valence-electron chi connectivity index (χ4n) is 2.18. The highest BCUT2D eigenvalue weighted by Crippen LogP contribution is 2.35. The molecule has 132 valence electrons. The first kappa shape index (κ1) is 18.5. The number of anilines is 1. The normalized spacial score (nSPS) is 12.4. The van der Waals surface area contributed by atoms with E-state index in [1.807, 2.05) is 0 Å². The molecule has 2 aromatic rings. The van der Waals surface area contributed by atoms with Crippen LogP contribution in [0.1, 0.15) is 0 Å². The zero-order valence-electron chi connectivity index (χ0n) is 13.1. The molecule has 0 aliphatic carbocycles. The Morgan fingerprint density at radius 3 is 2.42 bits per heavy atom. The van der Waals surface area contributed by atoms with E-state index in [4.69, 9.17) is 4.74 Å². The van der Waals surface area contributed by atoms with Crippen molar-refractivity contribution in [3.8, 4) is 5.75 Å². The van der Waals surface area contributed by atoms with Crippen molar-refractivity contribution in [1.29, 1.82) is 0 Å². The van der Waals surface area contributed by atoms with Crippen LogP contribution in [0.5, 0.6) is 5.75 Å². The molecule has 2 rings (SSSR count). The van der Waals surface area contributed by atoms with Crippen molar-refractivity contribution >= 4 is 36.5 Å². The summed E-state index contributed by atoms with van der Waals surface area (Å²) in [5.74, 6) is -0.449. The lowest BCUT2D eigenvalue weighted by Crippen LogP contribution is -2.27. The van der Waals surface area contributed by atoms with Gasteiger partial charge in [-0.15, -0.1) is 0 Å². The largest absolute Gasteiger partial charge is 0.506 e. The van der Waals surface area contributed by atoms with Crippen LogP contribution in [0.3, 0.4) is 0 Å². The number of ether oxygens (including phenoxy) is 1. The highest BCUT2D eigenvalue weighted by molar-refractivity contribution is 7.92. The summed E-state index contributed by atoms with van der Waals surface area (Å²) in [4.78, 5) is -0.289. The summed E-state index contributed by atoms with van der Waals surface area (Å²) in [7, 11) is -5.99. The van der Waals surface area contributed by atoms with E-state index in [1.54, 1.807) is 0 Å². The summed E-state index contributed by atoms with van der Waals surface area (Å²) >= 11 is 0. The van der Waals surface area contributed by atoms with E-state index in [2.05, 4.69) is 9.44 Å². The van der Waals surface area contributed by atoms with Crippen LogP contribution in [-0.4, -0.2) is 48.5 Å². The van der Waals surface area contributed by atoms with Crippen molar-refractivity contribution in [2.45, 2.75) is 4.90 Å². The number of aromatic hydroxyl groups is 1. The number of hydrogen-bond donors (Lipinski definition) is 3. The van der Waals surface area contributed by atoms with Crippen molar-refractivity contribution in [3.05, 3.63) is 30.3 Å². The molecule has 10 heteroatoms. The molecule has 24 heavy (non-hydrogen) atoms. The lowest BCUT2D eigenvalue weighted by molar-refractivity contribution is 0.204. The summed E-state index contributed by atoms with van der Waals surface area (Å²) in [6.45, 7) is 0.252. The van der Waals surface area contributed by atoms with Gasteiger partial charge in [-0.25, -0.2) is 21.6 Å². The molecule has 0 unspecified atom stereocenters. The maximum Gasteiger partial charge on any atom is 0.244 e. The van der Waals surface area contributed by atoms with Crippen molar-refractivity contribution in [2.75, 3.05) is 31.2 Å². The summed E-state index contributed by atoms with van der Waals surface area (Å²) in [6.07, 6.45) is 1.00. The topological polar surface area (TPSA) is 122 Å². The number of benzene rings is 2. The van der Waals surface area contributed by atoms with Gasteiger partial charge >= 0.3 is 0 Å². The second-order valence-electron chi connectivity index (χ2n) is 5.08. The number of nitrogens with one attached hydrogen (secondary N) is 2. The third kappa shape index (κ3) is 4.15. The van der Waals surface area contributed by atoms with Crippen LogP contribution < -0.4 is 9.44 Å². The van der Waals surface area contributed by atoms with Crippen LogP contribution in [0.4, 0.5) is 5.69 Å². The maximum atomic E-state index is 12.2. The fourth-order valence-corrected chi connectivity index (χ4v) is 3.88. The third-order valence-corrected chi connectivity index (χ3v) is 5.26. The standard InChI is InChI=1S/C14H18N2O6S2/c1-22-9-8-15-24(20,21)13-7-6-10-11(14(13)17)4-3-5-12(10)16-23(2,18)19/h3-7,15-17H,8-9H2,1-2H3. The monoisotopic (exact) mass is 374 g/mol. The predicted molar refractivity (Wildman–Crippen MR) is 91.1 cm³/mol. The lowest BCUT2D eigenvalue weighted by Gasteiger charge is -2.13. The maximum absolute atomic E-state index is 12.2. The Morgan fingerprint density at radius 2 is 1.79 bits per heavy atom. The number of fused-ring (bicyclic) bond motifs is 1. The van der Waals surface area contributed by atoms with Crippen LogP contribution in [-0.2, 0) is 24.8 Å². The van der Waals surface area contributed by atoms with Gasteiger partial charge < -0.3 is 9.84 Å². The average molecular weight is 374 g/mol. The number of phenols is 1. The van der Waals surface area contributed by atoms with Crippen LogP contribution >= 0.6 is 0 Å². The van der Waals surface area contributed by atoms with Gasteiger partial charge in [0.25, 0.3) is 0 Å². The Hall–Kier alpha value is -1.88. The van der Waals surface area contributed by atoms with Gasteiger partial charge in [0.15, 0.2) is 0 Å². The molecule has 3 N–H and O–H groups in total. The highest BCUT2D eigenvalue weighted by atomic mass is 32.2. The second-order valence-corrected chi connectivity index (χ2v) is 8.56. The van der Waals surface area contributed by atoms with Gasteiger partial charge in [0.05, 0.1) is 18.6 Å². The molecule has 0 aliphatic rings. The molecule has 0 fully saturated rings. The summed E-state index contributed by atoms with van der Waals surface area (Å²) in [6, 6.07) is 7.21. The molecular weight excluding hydrogens is 356 g/mol. The summed E-state index contributed by atoms with van der Waals surface area (Å²) in [5, 5.41) is 10.9. The Balaban J connectivity index is 2.52. The lowest BCUT2D eigenvalue weighted by atomic mass is 10.1. The Labute approximate surface area is 140 Å². The van der Waals surface area contributed by atoms with E-state index in [-0.39, 0.29) is 29.1 Å². The summed E-state index contributed by atoms with van der Waals surface area (Å²) in [5.41, 5.74) is 0.251. The van der Waals surface area contributed by atoms with E-state index in [1.165, 1.54) is 37.4 Å². The molecular formula is C14H18N2O6S2. The van der Waals surface area contributed by atoms with Crippen LogP contribution in [0.15, 0.2) is 35.2 Å². The van der Waals surface area contributed by atoms with Crippen molar-refractivity contribution in [2.24, 2.45) is 0 Å². The van der Waals surface area contributed by atoms with Crippen molar-refractivity contribution in [3.63, 3.8) is 0 Å². The number of hydrogen-bond acceptors (Lipinski definition) is 6. The Bertz CT molecular complexity index is 955. The average Bonchev–Trinajstić information content (AvgIpc) is 2.46. The minimum Gasteiger partial charge on any atom is -0.506 e. The number of phenolic OH excluding ortho intramolecular Hbond substituents is 1. The molecule has 0 saturated carbocycles. The third-order valence-electron chi connectivity index (χ3n) is 3.18. The first-order valence-electron chi connectivity index (χ1n) is 6.87. The molecule has 2 aromatic carbocycles. The van der Waals surface area contributed by atoms with Crippen molar-refractivity contribution < 1.29 is 26.7 Å². The predicted octanol–water partition coefficient (Wildman–Crippen LogP) is 0.842. The van der Waals surface area contributed by atoms with E-state index >= 15 is 0 Å². The summed E-state index contributed by atoms with van der Waals surface area (Å²) < 4.78 is 56.7. The van der Waals surface area contributed by atoms with Gasteiger partial charge in [0, 0.05) is 24.4 Å². The molecule has 0 atom stereocenters. The van der Waals surface area contributed by atoms with Gasteiger partial charge in [0.2, 0.25) is 20.0 Å². The van der Waals surface area contributed by atoms with Gasteiger partial charge in [-0.05, 0) is 12.1 Å². The van der Waals surface area contributed by atoms with Gasteiger partial charge in [0.1, 0.15) is 10.6 Å². The second kappa shape index (κ2) is 6.93. The molecule has 0 saturated heterocycles. The van der Waals surface area contributed by atoms with Gasteiger partial charge in [-0.1, -0.05) is 18.2 Å². The zero-order chi connectivity index (χ0) is 18.0. The van der Waals surface area contributed by atoms with E-state index in [9.17, 15) is 21.9 Å². The fraction of sp³-hybridized carbons (Fsp3) is 0.286. The van der Waals surface area contributed by atoms with E-state index in [0.29, 0.717) is 5.39 Å². The van der Waals surface area contributed by atoms with Crippen LogP contribution in [0, 0.1) is 0 Å². The SMILES string of the molecule is COCCNS(=O)(=O)c1ccc2c(NS(C)(=O)=O)cccc2c1O. The number of methoxy groups -OCH3 is 1. The van der Waals surface area contributed by atoms with E-state index < -0.39 is 25.8 Å². The first-order valence-corrected chi connectivity index (χ1v) is 10.2. The molecule has 0 bridgehead atoms. The minimum absolute atomic E-state index is 0.0615. The Morgan fingerprint density at radius 1 is 1.08 bits per heavy atom. The smallest absolute Gasteiger partial charge is 0.244 e.